The van der Waals surface area contributed by atoms with Gasteiger partial charge in [-0.05, 0) is 53.8 Å². The number of ether oxygens (including phenoxy) is 1. The quantitative estimate of drug-likeness (QED) is 0.363. The van der Waals surface area contributed by atoms with Gasteiger partial charge in [-0.3, -0.25) is 14.3 Å². The minimum absolute atomic E-state index is 0.184. The van der Waals surface area contributed by atoms with Crippen LogP contribution < -0.4 is 11.2 Å². The second-order valence-electron chi connectivity index (χ2n) is 8.73. The van der Waals surface area contributed by atoms with Gasteiger partial charge < -0.3 is 4.74 Å². The smallest absolute Gasteiger partial charge is 0.337 e. The maximum Gasteiger partial charge on any atom is 0.337 e. The van der Waals surface area contributed by atoms with E-state index in [-0.39, 0.29) is 6.54 Å². The molecule has 1 N–H and O–H groups in total. The first-order valence-electron chi connectivity index (χ1n) is 11.7. The summed E-state index contributed by atoms with van der Waals surface area (Å²) >= 11 is 1.58. The number of hydrogen-bond acceptors (Lipinski definition) is 6. The number of thiazole rings is 1. The molecule has 2 aromatic carbocycles. The molecule has 5 rings (SSSR count). The molecule has 0 saturated heterocycles. The second kappa shape index (κ2) is 9.54. The van der Waals surface area contributed by atoms with Crippen LogP contribution in [0.5, 0.6) is 0 Å². The highest BCUT2D eigenvalue weighted by Crippen LogP contribution is 2.39. The predicted octanol–water partition coefficient (Wildman–Crippen LogP) is 4.36. The van der Waals surface area contributed by atoms with Gasteiger partial charge in [0.25, 0.3) is 5.56 Å². The largest absolute Gasteiger partial charge is 0.465 e. The molecule has 182 valence electrons. The Labute approximate surface area is 211 Å². The van der Waals surface area contributed by atoms with Crippen molar-refractivity contribution in [1.82, 2.24) is 14.5 Å². The van der Waals surface area contributed by atoms with Gasteiger partial charge in [0.2, 0.25) is 0 Å². The van der Waals surface area contributed by atoms with Crippen molar-refractivity contribution in [2.75, 3.05) is 7.11 Å². The summed E-state index contributed by atoms with van der Waals surface area (Å²) in [5.41, 5.74) is 4.63. The SMILES string of the molecule is CCc1ccc2c(c1)C=Cc1sc(C)nc1C2c1cn(Cc2cccc(C(=O)OC)c2)c(=O)[nH]c1=O. The minimum atomic E-state index is -0.518. The summed E-state index contributed by atoms with van der Waals surface area (Å²) in [4.78, 5) is 46.3. The number of hydrogen-bond donors (Lipinski definition) is 1. The Morgan fingerprint density at radius 2 is 1.94 bits per heavy atom. The number of carbonyl (C=O) groups is 1. The van der Waals surface area contributed by atoms with Gasteiger partial charge in [0.15, 0.2) is 0 Å². The van der Waals surface area contributed by atoms with Crippen LogP contribution in [0.3, 0.4) is 0 Å². The van der Waals surface area contributed by atoms with Crippen molar-refractivity contribution in [3.8, 4) is 0 Å². The number of nitrogens with one attached hydrogen (secondary N) is 1. The van der Waals surface area contributed by atoms with E-state index in [0.29, 0.717) is 11.1 Å². The first-order chi connectivity index (χ1) is 17.4. The van der Waals surface area contributed by atoms with Gasteiger partial charge in [0.05, 0.1) is 40.7 Å². The summed E-state index contributed by atoms with van der Waals surface area (Å²) in [6.07, 6.45) is 6.66. The van der Waals surface area contributed by atoms with E-state index >= 15 is 0 Å². The number of H-pyrrole nitrogens is 1. The summed E-state index contributed by atoms with van der Waals surface area (Å²) in [5.74, 6) is -0.885. The summed E-state index contributed by atoms with van der Waals surface area (Å²) in [6.45, 7) is 4.24. The van der Waals surface area contributed by atoms with Crippen LogP contribution in [0.15, 0.2) is 58.3 Å². The fourth-order valence-corrected chi connectivity index (χ4v) is 5.49. The summed E-state index contributed by atoms with van der Waals surface area (Å²) in [6, 6.07) is 13.2. The summed E-state index contributed by atoms with van der Waals surface area (Å²) in [5, 5.41) is 0.910. The highest BCUT2D eigenvalue weighted by molar-refractivity contribution is 7.12. The van der Waals surface area contributed by atoms with Crippen molar-refractivity contribution in [2.24, 2.45) is 0 Å². The minimum Gasteiger partial charge on any atom is -0.465 e. The topological polar surface area (TPSA) is 94.1 Å². The van der Waals surface area contributed by atoms with Crippen molar-refractivity contribution in [2.45, 2.75) is 32.7 Å². The zero-order chi connectivity index (χ0) is 25.4. The molecule has 1 aliphatic carbocycles. The number of benzene rings is 2. The van der Waals surface area contributed by atoms with E-state index in [9.17, 15) is 14.4 Å². The molecule has 0 saturated carbocycles. The lowest BCUT2D eigenvalue weighted by Gasteiger charge is -2.19. The third-order valence-electron chi connectivity index (χ3n) is 6.40. The number of fused-ring (bicyclic) bond motifs is 2. The van der Waals surface area contributed by atoms with Crippen LogP contribution in [-0.2, 0) is 17.7 Å². The van der Waals surface area contributed by atoms with Crippen LogP contribution in [0, 0.1) is 6.92 Å². The fourth-order valence-electron chi connectivity index (χ4n) is 4.62. The molecular formula is C28H25N3O4S. The first-order valence-corrected chi connectivity index (χ1v) is 12.5. The Hall–Kier alpha value is -4.04. The standard InChI is InChI=1S/C28H25N3O4S/c1-4-17-8-10-21-19(12-17)9-11-23-25(29-16(2)36-23)24(21)22-15-31(28(34)30-26(22)32)14-18-6-5-7-20(13-18)27(33)35-3/h5-13,15,24H,4,14H2,1-3H3,(H,30,32,34). The Kier molecular flexibility index (Phi) is 6.28. The Morgan fingerprint density at radius 3 is 2.72 bits per heavy atom. The molecule has 1 unspecified atom stereocenters. The molecule has 0 bridgehead atoms. The molecule has 0 amide bonds. The highest BCUT2D eigenvalue weighted by Gasteiger charge is 2.29. The number of esters is 1. The van der Waals surface area contributed by atoms with Crippen LogP contribution in [0.25, 0.3) is 12.2 Å². The normalized spacial score (nSPS) is 14.1. The lowest BCUT2D eigenvalue weighted by Crippen LogP contribution is -2.33. The Bertz CT molecular complexity index is 1630. The van der Waals surface area contributed by atoms with E-state index in [4.69, 9.17) is 9.72 Å². The summed E-state index contributed by atoms with van der Waals surface area (Å²) < 4.78 is 6.27. The van der Waals surface area contributed by atoms with Crippen LogP contribution in [0.1, 0.15) is 66.6 Å². The average molecular weight is 500 g/mol. The maximum atomic E-state index is 13.2. The Balaban J connectivity index is 1.65. The monoisotopic (exact) mass is 499 g/mol. The van der Waals surface area contributed by atoms with Crippen molar-refractivity contribution >= 4 is 29.5 Å². The predicted molar refractivity (Wildman–Crippen MR) is 141 cm³/mol. The van der Waals surface area contributed by atoms with Gasteiger partial charge in [0, 0.05) is 11.8 Å². The number of methoxy groups -OCH3 is 1. The van der Waals surface area contributed by atoms with Gasteiger partial charge in [0.1, 0.15) is 0 Å². The van der Waals surface area contributed by atoms with E-state index in [1.165, 1.54) is 17.2 Å². The number of aryl methyl sites for hydroxylation is 2. The van der Waals surface area contributed by atoms with Crippen molar-refractivity contribution in [3.05, 3.63) is 118 Å². The molecule has 0 spiro atoms. The molecule has 1 aliphatic rings. The van der Waals surface area contributed by atoms with Gasteiger partial charge in [-0.1, -0.05) is 43.3 Å². The van der Waals surface area contributed by atoms with Crippen LogP contribution in [0.4, 0.5) is 0 Å². The second-order valence-corrected chi connectivity index (χ2v) is 9.96. The lowest BCUT2D eigenvalue weighted by atomic mass is 9.86. The number of carbonyl (C=O) groups excluding carboxylic acids is 1. The van der Waals surface area contributed by atoms with E-state index in [1.807, 2.05) is 13.0 Å². The molecule has 1 atom stereocenters. The highest BCUT2D eigenvalue weighted by atomic mass is 32.1. The van der Waals surface area contributed by atoms with E-state index in [2.05, 4.69) is 42.3 Å². The molecule has 7 nitrogen and oxygen atoms in total. The molecule has 4 aromatic rings. The summed E-state index contributed by atoms with van der Waals surface area (Å²) in [7, 11) is 1.32. The number of aromatic nitrogens is 3. The number of nitrogens with zero attached hydrogens (tertiary/aromatic N) is 2. The average Bonchev–Trinajstić information content (AvgIpc) is 3.18. The van der Waals surface area contributed by atoms with Gasteiger partial charge in [-0.25, -0.2) is 14.6 Å². The van der Waals surface area contributed by atoms with E-state index < -0.39 is 23.1 Å². The molecule has 8 heteroatoms. The van der Waals surface area contributed by atoms with Crippen LogP contribution in [0.2, 0.25) is 0 Å². The van der Waals surface area contributed by atoms with Gasteiger partial charge >= 0.3 is 11.7 Å². The molecule has 2 aromatic heterocycles. The van der Waals surface area contributed by atoms with Gasteiger partial charge in [-0.2, -0.15) is 0 Å². The zero-order valence-electron chi connectivity index (χ0n) is 20.2. The molecular weight excluding hydrogens is 474 g/mol. The third-order valence-corrected chi connectivity index (χ3v) is 7.35. The molecule has 36 heavy (non-hydrogen) atoms. The number of aromatic amines is 1. The van der Waals surface area contributed by atoms with E-state index in [1.54, 1.807) is 35.7 Å². The van der Waals surface area contributed by atoms with Gasteiger partial charge in [-0.15, -0.1) is 11.3 Å². The van der Waals surface area contributed by atoms with Crippen molar-refractivity contribution in [1.29, 1.82) is 0 Å². The number of rotatable bonds is 5. The molecule has 0 fully saturated rings. The fraction of sp³-hybridized carbons (Fsp3) is 0.214. The molecule has 0 radical (unpaired) electrons. The first kappa shape index (κ1) is 23.7. The van der Waals surface area contributed by atoms with E-state index in [0.717, 1.165) is 38.7 Å². The van der Waals surface area contributed by atoms with Crippen LogP contribution in [-0.4, -0.2) is 27.6 Å². The van der Waals surface area contributed by atoms with Crippen molar-refractivity contribution in [3.63, 3.8) is 0 Å². The van der Waals surface area contributed by atoms with Crippen LogP contribution >= 0.6 is 11.3 Å². The van der Waals surface area contributed by atoms with Crippen molar-refractivity contribution < 1.29 is 9.53 Å². The zero-order valence-corrected chi connectivity index (χ0v) is 21.0. The Morgan fingerprint density at radius 1 is 1.11 bits per heavy atom. The lowest BCUT2D eigenvalue weighted by molar-refractivity contribution is 0.0600. The third kappa shape index (κ3) is 4.35. The maximum absolute atomic E-state index is 13.2. The molecule has 0 aliphatic heterocycles. The molecule has 2 heterocycles.